The van der Waals surface area contributed by atoms with Gasteiger partial charge in [-0.3, -0.25) is 4.79 Å². The molecule has 1 rings (SSSR count). The van der Waals surface area contributed by atoms with Crippen LogP contribution in [0.2, 0.25) is 5.02 Å². The number of hydrogen-bond donors (Lipinski definition) is 0. The summed E-state index contributed by atoms with van der Waals surface area (Å²) in [6.07, 6.45) is 0.442. The minimum Gasteiger partial charge on any atom is -0.298 e. The van der Waals surface area contributed by atoms with Crippen LogP contribution in [-0.2, 0) is 0 Å². The third kappa shape index (κ3) is 1.70. The van der Waals surface area contributed by atoms with E-state index in [1.165, 1.54) is 6.07 Å². The average Bonchev–Trinajstić information content (AvgIpc) is 2.01. The lowest BCUT2D eigenvalue weighted by molar-refractivity contribution is 0.112. The van der Waals surface area contributed by atoms with Crippen LogP contribution >= 0.6 is 34.2 Å². The van der Waals surface area contributed by atoms with Gasteiger partial charge in [0.1, 0.15) is 0 Å². The quantitative estimate of drug-likeness (QED) is 0.440. The van der Waals surface area contributed by atoms with E-state index in [0.717, 1.165) is 0 Å². The van der Waals surface area contributed by atoms with E-state index in [2.05, 4.69) is 0 Å². The van der Waals surface area contributed by atoms with Gasteiger partial charge in [-0.15, -0.1) is 0 Å². The molecular weight excluding hydrogens is 281 g/mol. The van der Waals surface area contributed by atoms with Gasteiger partial charge in [0.2, 0.25) is 0 Å². The van der Waals surface area contributed by atoms with Gasteiger partial charge < -0.3 is 0 Å². The van der Waals surface area contributed by atoms with E-state index in [1.54, 1.807) is 6.07 Å². The van der Waals surface area contributed by atoms with E-state index in [4.69, 9.17) is 11.6 Å². The maximum absolute atomic E-state index is 12.9. The van der Waals surface area contributed by atoms with Gasteiger partial charge in [-0.2, -0.15) is 0 Å². The molecule has 0 saturated carbocycles. The Morgan fingerprint density at radius 3 is 2.73 bits per heavy atom. The number of hydrogen-bond acceptors (Lipinski definition) is 1. The van der Waals surface area contributed by atoms with Crippen LogP contribution in [0.25, 0.3) is 0 Å². The number of rotatable bonds is 1. The van der Waals surface area contributed by atoms with Crippen molar-refractivity contribution in [3.8, 4) is 0 Å². The van der Waals surface area contributed by atoms with Crippen molar-refractivity contribution < 1.29 is 9.18 Å². The Labute approximate surface area is 81.7 Å². The molecule has 0 fully saturated rings. The normalized spacial score (nSPS) is 9.73. The molecule has 0 spiro atoms. The van der Waals surface area contributed by atoms with E-state index >= 15 is 0 Å². The predicted octanol–water partition coefficient (Wildman–Crippen LogP) is 2.90. The smallest absolute Gasteiger partial charge is 0.153 e. The van der Waals surface area contributed by atoms with Crippen LogP contribution in [0.4, 0.5) is 4.39 Å². The lowest BCUT2D eigenvalue weighted by atomic mass is 10.2. The topological polar surface area (TPSA) is 17.1 Å². The second-order valence-corrected chi connectivity index (χ2v) is 3.42. The largest absolute Gasteiger partial charge is 0.298 e. The summed E-state index contributed by atoms with van der Waals surface area (Å²) in [5.41, 5.74) is -0.00424. The molecule has 0 aliphatic rings. The molecule has 0 aromatic heterocycles. The highest BCUT2D eigenvalue weighted by atomic mass is 127. The summed E-state index contributed by atoms with van der Waals surface area (Å²) < 4.78 is 13.5. The first kappa shape index (κ1) is 8.93. The number of benzene rings is 1. The van der Waals surface area contributed by atoms with E-state index in [9.17, 15) is 9.18 Å². The number of aldehydes is 1. The molecule has 0 radical (unpaired) electrons. The standard InChI is InChI=1S/C7H3ClFIO/c8-6-5(10)2-1-4(3-11)7(6)9/h1-3H. The van der Waals surface area contributed by atoms with Gasteiger partial charge in [0.05, 0.1) is 10.6 Å². The lowest BCUT2D eigenvalue weighted by Crippen LogP contribution is -1.90. The molecule has 0 N–H and O–H groups in total. The van der Waals surface area contributed by atoms with Crippen LogP contribution in [0, 0.1) is 9.39 Å². The Morgan fingerprint density at radius 2 is 2.18 bits per heavy atom. The van der Waals surface area contributed by atoms with Gasteiger partial charge in [0.25, 0.3) is 0 Å². The monoisotopic (exact) mass is 284 g/mol. The highest BCUT2D eigenvalue weighted by Gasteiger charge is 2.08. The van der Waals surface area contributed by atoms with Gasteiger partial charge in [0, 0.05) is 3.57 Å². The van der Waals surface area contributed by atoms with Crippen LogP contribution in [0.1, 0.15) is 10.4 Å². The molecular formula is C7H3ClFIO. The molecule has 0 aliphatic heterocycles. The molecule has 0 saturated heterocycles. The minimum atomic E-state index is -0.645. The fraction of sp³-hybridized carbons (Fsp3) is 0. The van der Waals surface area contributed by atoms with E-state index < -0.39 is 5.82 Å². The summed E-state index contributed by atoms with van der Waals surface area (Å²) in [4.78, 5) is 10.2. The Bertz CT molecular complexity index is 301. The fourth-order valence-electron chi connectivity index (χ4n) is 0.632. The first-order chi connectivity index (χ1) is 5.16. The zero-order valence-electron chi connectivity index (χ0n) is 5.27. The summed E-state index contributed by atoms with van der Waals surface area (Å²) in [6, 6.07) is 2.99. The van der Waals surface area contributed by atoms with Crippen molar-refractivity contribution in [3.05, 3.63) is 32.1 Å². The summed E-state index contributed by atoms with van der Waals surface area (Å²) in [5.74, 6) is -0.645. The lowest BCUT2D eigenvalue weighted by Gasteiger charge is -1.98. The molecule has 58 valence electrons. The third-order valence-corrected chi connectivity index (χ3v) is 2.78. The van der Waals surface area contributed by atoms with Crippen LogP contribution in [0.5, 0.6) is 0 Å². The minimum absolute atomic E-state index is 0.00424. The second-order valence-electron chi connectivity index (χ2n) is 1.88. The maximum Gasteiger partial charge on any atom is 0.153 e. The Morgan fingerprint density at radius 1 is 1.55 bits per heavy atom. The van der Waals surface area contributed by atoms with Crippen LogP contribution in [-0.4, -0.2) is 6.29 Å². The van der Waals surface area contributed by atoms with E-state index in [1.807, 2.05) is 22.6 Å². The van der Waals surface area contributed by atoms with Gasteiger partial charge in [-0.25, -0.2) is 4.39 Å². The summed E-state index contributed by atoms with van der Waals surface area (Å²) in [6.45, 7) is 0. The van der Waals surface area contributed by atoms with Gasteiger partial charge in [0.15, 0.2) is 12.1 Å². The highest BCUT2D eigenvalue weighted by molar-refractivity contribution is 14.1. The third-order valence-electron chi connectivity index (χ3n) is 1.19. The second kappa shape index (κ2) is 3.49. The van der Waals surface area contributed by atoms with Crippen molar-refractivity contribution in [2.45, 2.75) is 0 Å². The number of carbonyl (C=O) groups is 1. The fourth-order valence-corrected chi connectivity index (χ4v) is 1.22. The summed E-state index contributed by atoms with van der Waals surface area (Å²) >= 11 is 7.42. The van der Waals surface area contributed by atoms with Crippen molar-refractivity contribution in [1.82, 2.24) is 0 Å². The molecule has 1 aromatic carbocycles. The Balaban J connectivity index is 3.36. The van der Waals surface area contributed by atoms with Crippen LogP contribution in [0.3, 0.4) is 0 Å². The summed E-state index contributed by atoms with van der Waals surface area (Å²) in [7, 11) is 0. The maximum atomic E-state index is 12.9. The zero-order valence-corrected chi connectivity index (χ0v) is 8.19. The first-order valence-corrected chi connectivity index (χ1v) is 4.21. The Hall–Kier alpha value is -0.160. The average molecular weight is 284 g/mol. The van der Waals surface area contributed by atoms with Crippen LogP contribution < -0.4 is 0 Å². The molecule has 0 bridgehead atoms. The van der Waals surface area contributed by atoms with Gasteiger partial charge >= 0.3 is 0 Å². The van der Waals surface area contributed by atoms with Crippen molar-refractivity contribution in [2.75, 3.05) is 0 Å². The van der Waals surface area contributed by atoms with E-state index in [0.29, 0.717) is 9.86 Å². The molecule has 1 aromatic rings. The summed E-state index contributed by atoms with van der Waals surface area (Å²) in [5, 5.41) is 0.00944. The first-order valence-electron chi connectivity index (χ1n) is 2.75. The molecule has 4 heteroatoms. The molecule has 0 atom stereocenters. The number of carbonyl (C=O) groups excluding carboxylic acids is 1. The molecule has 0 amide bonds. The molecule has 11 heavy (non-hydrogen) atoms. The van der Waals surface area contributed by atoms with Crippen LogP contribution in [0.15, 0.2) is 12.1 Å². The highest BCUT2D eigenvalue weighted by Crippen LogP contribution is 2.23. The molecule has 1 nitrogen and oxygen atoms in total. The predicted molar refractivity (Wildman–Crippen MR) is 49.5 cm³/mol. The molecule has 0 unspecified atom stereocenters. The Kier molecular flexibility index (Phi) is 2.84. The van der Waals surface area contributed by atoms with Crippen molar-refractivity contribution in [1.29, 1.82) is 0 Å². The van der Waals surface area contributed by atoms with Gasteiger partial charge in [-0.05, 0) is 34.7 Å². The molecule has 0 aliphatic carbocycles. The van der Waals surface area contributed by atoms with Crippen molar-refractivity contribution in [2.24, 2.45) is 0 Å². The number of halogens is 3. The van der Waals surface area contributed by atoms with E-state index in [-0.39, 0.29) is 10.6 Å². The SMILES string of the molecule is O=Cc1ccc(I)c(Cl)c1F. The van der Waals surface area contributed by atoms with Crippen molar-refractivity contribution >= 4 is 40.5 Å². The zero-order chi connectivity index (χ0) is 8.43. The van der Waals surface area contributed by atoms with Crippen molar-refractivity contribution in [3.63, 3.8) is 0 Å². The van der Waals surface area contributed by atoms with Gasteiger partial charge in [-0.1, -0.05) is 11.6 Å². The molecule has 0 heterocycles.